The molecule has 0 aliphatic carbocycles. The first-order valence-corrected chi connectivity index (χ1v) is 5.21. The summed E-state index contributed by atoms with van der Waals surface area (Å²) in [6, 6.07) is 11.3. The summed E-state index contributed by atoms with van der Waals surface area (Å²) in [4.78, 5) is 16.2. The third-order valence-corrected chi connectivity index (χ3v) is 2.54. The molecule has 0 unspecified atom stereocenters. The summed E-state index contributed by atoms with van der Waals surface area (Å²) in [6.45, 7) is 3.90. The SMILES string of the molecule is Cc1ccc(C(=O)c2ncccc2C)cc1. The molecule has 0 spiro atoms. The maximum absolute atomic E-state index is 12.1. The van der Waals surface area contributed by atoms with Gasteiger partial charge in [-0.3, -0.25) is 9.78 Å². The van der Waals surface area contributed by atoms with Crippen molar-refractivity contribution in [3.05, 3.63) is 65.0 Å². The van der Waals surface area contributed by atoms with Crippen LogP contribution >= 0.6 is 0 Å². The second-order valence-corrected chi connectivity index (χ2v) is 3.86. The summed E-state index contributed by atoms with van der Waals surface area (Å²) < 4.78 is 0. The van der Waals surface area contributed by atoms with Crippen LogP contribution in [0.5, 0.6) is 0 Å². The fourth-order valence-electron chi connectivity index (χ4n) is 1.57. The Morgan fingerprint density at radius 2 is 1.75 bits per heavy atom. The van der Waals surface area contributed by atoms with Crippen LogP contribution in [0.1, 0.15) is 27.2 Å². The molecular formula is C14H13NO. The Hall–Kier alpha value is -1.96. The normalized spacial score (nSPS) is 10.1. The van der Waals surface area contributed by atoms with Gasteiger partial charge in [0.05, 0.1) is 0 Å². The number of aryl methyl sites for hydroxylation is 2. The van der Waals surface area contributed by atoms with E-state index in [9.17, 15) is 4.79 Å². The molecule has 0 radical (unpaired) electrons. The summed E-state index contributed by atoms with van der Waals surface area (Å²) in [5, 5.41) is 0. The van der Waals surface area contributed by atoms with Gasteiger partial charge in [-0.05, 0) is 25.5 Å². The van der Waals surface area contributed by atoms with Gasteiger partial charge in [-0.25, -0.2) is 0 Å². The molecule has 1 heterocycles. The molecule has 0 amide bonds. The lowest BCUT2D eigenvalue weighted by Gasteiger charge is -2.03. The molecule has 0 atom stereocenters. The molecule has 1 aromatic carbocycles. The first-order valence-electron chi connectivity index (χ1n) is 5.21. The molecule has 0 fully saturated rings. The third-order valence-electron chi connectivity index (χ3n) is 2.54. The van der Waals surface area contributed by atoms with E-state index >= 15 is 0 Å². The number of hydrogen-bond donors (Lipinski definition) is 0. The monoisotopic (exact) mass is 211 g/mol. The fourth-order valence-corrected chi connectivity index (χ4v) is 1.57. The van der Waals surface area contributed by atoms with Crippen LogP contribution in [-0.2, 0) is 0 Å². The molecule has 2 nitrogen and oxygen atoms in total. The highest BCUT2D eigenvalue weighted by atomic mass is 16.1. The summed E-state index contributed by atoms with van der Waals surface area (Å²) in [5.41, 5.74) is 3.28. The van der Waals surface area contributed by atoms with E-state index in [2.05, 4.69) is 4.98 Å². The average molecular weight is 211 g/mol. The van der Waals surface area contributed by atoms with E-state index in [1.54, 1.807) is 6.20 Å². The predicted octanol–water partition coefficient (Wildman–Crippen LogP) is 2.93. The molecule has 0 aliphatic rings. The Bertz CT molecular complexity index is 515. The van der Waals surface area contributed by atoms with Gasteiger partial charge in [0.1, 0.15) is 5.69 Å². The number of carbonyl (C=O) groups excluding carboxylic acids is 1. The number of pyridine rings is 1. The van der Waals surface area contributed by atoms with Crippen molar-refractivity contribution in [3.8, 4) is 0 Å². The molecule has 80 valence electrons. The summed E-state index contributed by atoms with van der Waals surface area (Å²) >= 11 is 0. The fraction of sp³-hybridized carbons (Fsp3) is 0.143. The smallest absolute Gasteiger partial charge is 0.211 e. The summed E-state index contributed by atoms with van der Waals surface area (Å²) in [6.07, 6.45) is 1.65. The quantitative estimate of drug-likeness (QED) is 0.715. The minimum absolute atomic E-state index is 0.0156. The van der Waals surface area contributed by atoms with Crippen LogP contribution in [0.4, 0.5) is 0 Å². The summed E-state index contributed by atoms with van der Waals surface area (Å²) in [7, 11) is 0. The molecule has 0 bridgehead atoms. The lowest BCUT2D eigenvalue weighted by atomic mass is 10.0. The second-order valence-electron chi connectivity index (χ2n) is 3.86. The number of rotatable bonds is 2. The molecule has 0 N–H and O–H groups in total. The van der Waals surface area contributed by atoms with Crippen molar-refractivity contribution in [1.82, 2.24) is 4.98 Å². The molecule has 16 heavy (non-hydrogen) atoms. The zero-order valence-electron chi connectivity index (χ0n) is 9.40. The van der Waals surface area contributed by atoms with Crippen molar-refractivity contribution in [3.63, 3.8) is 0 Å². The van der Waals surface area contributed by atoms with Crippen molar-refractivity contribution >= 4 is 5.78 Å². The van der Waals surface area contributed by atoms with Crippen LogP contribution in [0.15, 0.2) is 42.6 Å². The van der Waals surface area contributed by atoms with Gasteiger partial charge >= 0.3 is 0 Å². The van der Waals surface area contributed by atoms with Gasteiger partial charge in [0.15, 0.2) is 0 Å². The van der Waals surface area contributed by atoms with Gasteiger partial charge in [0.25, 0.3) is 0 Å². The van der Waals surface area contributed by atoms with E-state index in [1.807, 2.05) is 50.2 Å². The van der Waals surface area contributed by atoms with E-state index in [1.165, 1.54) is 0 Å². The Balaban J connectivity index is 2.40. The number of hydrogen-bond acceptors (Lipinski definition) is 2. The van der Waals surface area contributed by atoms with E-state index in [0.717, 1.165) is 11.1 Å². The molecule has 2 rings (SSSR count). The zero-order chi connectivity index (χ0) is 11.5. The maximum atomic E-state index is 12.1. The van der Waals surface area contributed by atoms with Crippen LogP contribution < -0.4 is 0 Å². The minimum atomic E-state index is -0.0156. The summed E-state index contributed by atoms with van der Waals surface area (Å²) in [5.74, 6) is -0.0156. The van der Waals surface area contributed by atoms with Gasteiger partial charge in [-0.1, -0.05) is 35.9 Å². The average Bonchev–Trinajstić information content (AvgIpc) is 2.30. The first-order chi connectivity index (χ1) is 7.68. The standard InChI is InChI=1S/C14H13NO/c1-10-5-7-12(8-6-10)14(16)13-11(2)4-3-9-15-13/h3-9H,1-2H3. The Morgan fingerprint density at radius 1 is 1.06 bits per heavy atom. The van der Waals surface area contributed by atoms with Crippen LogP contribution in [0.25, 0.3) is 0 Å². The lowest BCUT2D eigenvalue weighted by Crippen LogP contribution is -2.05. The van der Waals surface area contributed by atoms with E-state index in [0.29, 0.717) is 11.3 Å². The number of benzene rings is 1. The third kappa shape index (κ3) is 2.01. The van der Waals surface area contributed by atoms with Crippen molar-refractivity contribution in [2.75, 3.05) is 0 Å². The van der Waals surface area contributed by atoms with Crippen LogP contribution in [-0.4, -0.2) is 10.8 Å². The Kier molecular flexibility index (Phi) is 2.82. The number of nitrogens with zero attached hydrogens (tertiary/aromatic N) is 1. The maximum Gasteiger partial charge on any atom is 0.211 e. The van der Waals surface area contributed by atoms with E-state index < -0.39 is 0 Å². The zero-order valence-corrected chi connectivity index (χ0v) is 9.40. The van der Waals surface area contributed by atoms with Crippen molar-refractivity contribution < 1.29 is 4.79 Å². The molecule has 2 aromatic rings. The highest BCUT2D eigenvalue weighted by Crippen LogP contribution is 2.12. The van der Waals surface area contributed by atoms with Crippen LogP contribution in [0.2, 0.25) is 0 Å². The van der Waals surface area contributed by atoms with Crippen molar-refractivity contribution in [1.29, 1.82) is 0 Å². The second kappa shape index (κ2) is 4.27. The highest BCUT2D eigenvalue weighted by molar-refractivity contribution is 6.08. The van der Waals surface area contributed by atoms with Gasteiger partial charge in [0.2, 0.25) is 5.78 Å². The molecular weight excluding hydrogens is 198 g/mol. The van der Waals surface area contributed by atoms with Crippen LogP contribution in [0, 0.1) is 13.8 Å². The van der Waals surface area contributed by atoms with Gasteiger partial charge in [-0.2, -0.15) is 0 Å². The molecule has 1 aromatic heterocycles. The van der Waals surface area contributed by atoms with Crippen molar-refractivity contribution in [2.45, 2.75) is 13.8 Å². The lowest BCUT2D eigenvalue weighted by molar-refractivity contribution is 0.103. The van der Waals surface area contributed by atoms with E-state index in [4.69, 9.17) is 0 Å². The highest BCUT2D eigenvalue weighted by Gasteiger charge is 2.11. The predicted molar refractivity (Wildman–Crippen MR) is 63.6 cm³/mol. The molecule has 2 heteroatoms. The van der Waals surface area contributed by atoms with Crippen LogP contribution in [0.3, 0.4) is 0 Å². The van der Waals surface area contributed by atoms with Gasteiger partial charge in [0, 0.05) is 11.8 Å². The van der Waals surface area contributed by atoms with Crippen molar-refractivity contribution in [2.24, 2.45) is 0 Å². The topological polar surface area (TPSA) is 30.0 Å². The minimum Gasteiger partial charge on any atom is -0.287 e. The molecule has 0 saturated heterocycles. The Labute approximate surface area is 95.0 Å². The molecule has 0 aliphatic heterocycles. The number of aromatic nitrogens is 1. The molecule has 0 saturated carbocycles. The number of carbonyl (C=O) groups is 1. The van der Waals surface area contributed by atoms with E-state index in [-0.39, 0.29) is 5.78 Å². The van der Waals surface area contributed by atoms with Gasteiger partial charge in [-0.15, -0.1) is 0 Å². The largest absolute Gasteiger partial charge is 0.287 e. The number of ketones is 1. The Morgan fingerprint density at radius 3 is 2.38 bits per heavy atom. The first kappa shape index (κ1) is 10.6. The van der Waals surface area contributed by atoms with Gasteiger partial charge < -0.3 is 0 Å².